The van der Waals surface area contributed by atoms with E-state index in [1.54, 1.807) is 24.3 Å². The summed E-state index contributed by atoms with van der Waals surface area (Å²) in [6.45, 7) is 2.34. The molecule has 0 aromatic heterocycles. The number of halogens is 1. The molecule has 26 heavy (non-hydrogen) atoms. The predicted molar refractivity (Wildman–Crippen MR) is 103 cm³/mol. The number of carbonyl (C=O) groups excluding carboxylic acids is 2. The summed E-state index contributed by atoms with van der Waals surface area (Å²) in [5.74, 6) is 0.00896. The molecule has 1 atom stereocenters. The van der Waals surface area contributed by atoms with E-state index in [2.05, 4.69) is 24.1 Å². The molecule has 3 rings (SSSR count). The lowest BCUT2D eigenvalue weighted by molar-refractivity contribution is -0.136. The van der Waals surface area contributed by atoms with Crippen molar-refractivity contribution >= 4 is 23.3 Å². The molecular weight excluding hydrogens is 348 g/mol. The van der Waals surface area contributed by atoms with Crippen LogP contribution in [0.25, 0.3) is 0 Å². The summed E-state index contributed by atoms with van der Waals surface area (Å²) in [6, 6.07) is 16.9. The number of carbonyl (C=O) groups is 2. The van der Waals surface area contributed by atoms with Gasteiger partial charge in [-0.05, 0) is 36.9 Å². The van der Waals surface area contributed by atoms with Gasteiger partial charge in [0.2, 0.25) is 5.91 Å². The molecule has 0 radical (unpaired) electrons. The fourth-order valence-electron chi connectivity index (χ4n) is 3.32. The van der Waals surface area contributed by atoms with Gasteiger partial charge in [0.25, 0.3) is 0 Å². The van der Waals surface area contributed by atoms with Crippen LogP contribution in [0.5, 0.6) is 0 Å². The summed E-state index contributed by atoms with van der Waals surface area (Å²) in [4.78, 5) is 29.3. The SMILES string of the molecule is CN1CCN(C(=O)CCC(=O)c2ccc(Cl)cc2)[C@H](c2ccccc2)C1. The first-order valence-corrected chi connectivity index (χ1v) is 9.24. The zero-order valence-electron chi connectivity index (χ0n) is 14.9. The van der Waals surface area contributed by atoms with Crippen molar-refractivity contribution in [3.05, 3.63) is 70.7 Å². The first-order chi connectivity index (χ1) is 12.5. The highest BCUT2D eigenvalue weighted by atomic mass is 35.5. The minimum atomic E-state index is -0.0274. The number of hydrogen-bond acceptors (Lipinski definition) is 3. The van der Waals surface area contributed by atoms with Crippen molar-refractivity contribution in [2.24, 2.45) is 0 Å². The normalized spacial score (nSPS) is 17.9. The lowest BCUT2D eigenvalue weighted by Crippen LogP contribution is -2.49. The lowest BCUT2D eigenvalue weighted by atomic mass is 10.0. The molecule has 2 aromatic rings. The van der Waals surface area contributed by atoms with Crippen LogP contribution in [0.15, 0.2) is 54.6 Å². The molecule has 1 amide bonds. The molecule has 0 unspecified atom stereocenters. The third-order valence-corrected chi connectivity index (χ3v) is 5.07. The summed E-state index contributed by atoms with van der Waals surface area (Å²) in [7, 11) is 2.07. The van der Waals surface area contributed by atoms with Crippen molar-refractivity contribution in [1.29, 1.82) is 0 Å². The molecule has 136 valence electrons. The number of likely N-dealkylation sites (N-methyl/N-ethyl adjacent to an activating group) is 1. The van der Waals surface area contributed by atoms with Crippen molar-refractivity contribution in [3.8, 4) is 0 Å². The van der Waals surface area contributed by atoms with E-state index in [-0.39, 0.29) is 30.6 Å². The van der Waals surface area contributed by atoms with Gasteiger partial charge in [0.05, 0.1) is 6.04 Å². The Morgan fingerprint density at radius 2 is 1.69 bits per heavy atom. The Morgan fingerprint density at radius 1 is 1.00 bits per heavy atom. The molecule has 1 fully saturated rings. The van der Waals surface area contributed by atoms with Crippen molar-refractivity contribution < 1.29 is 9.59 Å². The van der Waals surface area contributed by atoms with E-state index < -0.39 is 0 Å². The Kier molecular flexibility index (Phi) is 6.07. The average molecular weight is 371 g/mol. The minimum Gasteiger partial charge on any atom is -0.333 e. The second-order valence-electron chi connectivity index (χ2n) is 6.71. The standard InChI is InChI=1S/C21H23ClN2O2/c1-23-13-14-24(19(15-23)16-5-3-2-4-6-16)21(26)12-11-20(25)17-7-9-18(22)10-8-17/h2-10,19H,11-15H2,1H3/t19-/m0/s1. The van der Waals surface area contributed by atoms with Gasteiger partial charge in [-0.3, -0.25) is 9.59 Å². The molecule has 0 spiro atoms. The van der Waals surface area contributed by atoms with Crippen LogP contribution in [0.2, 0.25) is 5.02 Å². The van der Waals surface area contributed by atoms with E-state index in [1.165, 1.54) is 0 Å². The molecule has 2 aromatic carbocycles. The highest BCUT2D eigenvalue weighted by Gasteiger charge is 2.30. The van der Waals surface area contributed by atoms with Crippen LogP contribution in [-0.4, -0.2) is 48.2 Å². The fourth-order valence-corrected chi connectivity index (χ4v) is 3.45. The van der Waals surface area contributed by atoms with Crippen LogP contribution < -0.4 is 0 Å². The fraction of sp³-hybridized carbons (Fsp3) is 0.333. The molecule has 4 nitrogen and oxygen atoms in total. The topological polar surface area (TPSA) is 40.6 Å². The first-order valence-electron chi connectivity index (χ1n) is 8.86. The van der Waals surface area contributed by atoms with Crippen molar-refractivity contribution in [1.82, 2.24) is 9.80 Å². The van der Waals surface area contributed by atoms with E-state index in [0.29, 0.717) is 17.1 Å². The Labute approximate surface area is 159 Å². The molecule has 0 saturated carbocycles. The van der Waals surface area contributed by atoms with E-state index in [9.17, 15) is 9.59 Å². The van der Waals surface area contributed by atoms with Gasteiger partial charge in [-0.25, -0.2) is 0 Å². The number of rotatable bonds is 5. The molecular formula is C21H23ClN2O2. The van der Waals surface area contributed by atoms with Crippen molar-refractivity contribution in [2.45, 2.75) is 18.9 Å². The van der Waals surface area contributed by atoms with E-state index in [4.69, 9.17) is 11.6 Å². The molecule has 0 N–H and O–H groups in total. The Morgan fingerprint density at radius 3 is 2.38 bits per heavy atom. The Bertz CT molecular complexity index is 761. The van der Waals surface area contributed by atoms with Gasteiger partial charge in [-0.15, -0.1) is 0 Å². The van der Waals surface area contributed by atoms with Crippen LogP contribution >= 0.6 is 11.6 Å². The quantitative estimate of drug-likeness (QED) is 0.751. The maximum Gasteiger partial charge on any atom is 0.223 e. The van der Waals surface area contributed by atoms with Crippen molar-refractivity contribution in [3.63, 3.8) is 0 Å². The van der Waals surface area contributed by atoms with Gasteiger partial charge in [-0.2, -0.15) is 0 Å². The first kappa shape index (κ1) is 18.6. The van der Waals surface area contributed by atoms with Crippen molar-refractivity contribution in [2.75, 3.05) is 26.7 Å². The summed E-state index contributed by atoms with van der Waals surface area (Å²) in [6.07, 6.45) is 0.447. The number of ketones is 1. The van der Waals surface area contributed by atoms with Gasteiger partial charge in [0.1, 0.15) is 0 Å². The van der Waals surface area contributed by atoms with Crippen LogP contribution in [0.1, 0.15) is 34.8 Å². The van der Waals surface area contributed by atoms with E-state index >= 15 is 0 Å². The summed E-state index contributed by atoms with van der Waals surface area (Å²) < 4.78 is 0. The number of hydrogen-bond donors (Lipinski definition) is 0. The second kappa shape index (κ2) is 8.47. The Hall–Kier alpha value is -2.17. The third kappa shape index (κ3) is 4.51. The maximum absolute atomic E-state index is 12.8. The summed E-state index contributed by atoms with van der Waals surface area (Å²) in [5, 5.41) is 0.598. The van der Waals surface area contributed by atoms with E-state index in [1.807, 2.05) is 23.1 Å². The summed E-state index contributed by atoms with van der Waals surface area (Å²) in [5.41, 5.74) is 1.73. The second-order valence-corrected chi connectivity index (χ2v) is 7.14. The summed E-state index contributed by atoms with van der Waals surface area (Å²) >= 11 is 5.86. The predicted octanol–water partition coefficient (Wildman–Crippen LogP) is 3.82. The van der Waals surface area contributed by atoms with Crippen LogP contribution in [0, 0.1) is 0 Å². The monoisotopic (exact) mass is 370 g/mol. The molecule has 1 aliphatic rings. The maximum atomic E-state index is 12.8. The van der Waals surface area contributed by atoms with Crippen LogP contribution in [0.4, 0.5) is 0 Å². The highest BCUT2D eigenvalue weighted by molar-refractivity contribution is 6.30. The van der Waals surface area contributed by atoms with E-state index in [0.717, 1.165) is 18.7 Å². The zero-order chi connectivity index (χ0) is 18.5. The largest absolute Gasteiger partial charge is 0.333 e. The lowest BCUT2D eigenvalue weighted by Gasteiger charge is -2.40. The average Bonchev–Trinajstić information content (AvgIpc) is 2.67. The molecule has 0 aliphatic carbocycles. The van der Waals surface area contributed by atoms with Gasteiger partial charge in [0.15, 0.2) is 5.78 Å². The van der Waals surface area contributed by atoms with Gasteiger partial charge in [-0.1, -0.05) is 41.9 Å². The number of benzene rings is 2. The smallest absolute Gasteiger partial charge is 0.223 e. The molecule has 1 aliphatic heterocycles. The number of piperazine rings is 1. The van der Waals surface area contributed by atoms with Crippen LogP contribution in [0.3, 0.4) is 0 Å². The molecule has 1 saturated heterocycles. The zero-order valence-corrected chi connectivity index (χ0v) is 15.7. The molecule has 0 bridgehead atoms. The third-order valence-electron chi connectivity index (χ3n) is 4.82. The Balaban J connectivity index is 1.65. The van der Waals surface area contributed by atoms with Crippen LogP contribution in [-0.2, 0) is 4.79 Å². The van der Waals surface area contributed by atoms with Gasteiger partial charge < -0.3 is 9.80 Å². The number of amides is 1. The minimum absolute atomic E-state index is 0.0274. The highest BCUT2D eigenvalue weighted by Crippen LogP contribution is 2.26. The van der Waals surface area contributed by atoms with Gasteiger partial charge >= 0.3 is 0 Å². The number of nitrogens with zero attached hydrogens (tertiary/aromatic N) is 2. The number of Topliss-reactive ketones (excluding diaryl/α,β-unsaturated/α-hetero) is 1. The molecule has 1 heterocycles. The molecule has 5 heteroatoms. The van der Waals surface area contributed by atoms with Gasteiger partial charge in [0, 0.05) is 43.1 Å².